The zero-order valence-corrected chi connectivity index (χ0v) is 9.66. The fourth-order valence-corrected chi connectivity index (χ4v) is 1.66. The summed E-state index contributed by atoms with van der Waals surface area (Å²) < 4.78 is 0. The van der Waals surface area contributed by atoms with E-state index >= 15 is 0 Å². The van der Waals surface area contributed by atoms with E-state index in [1.165, 1.54) is 0 Å². The number of Topliss-reactive ketones (excluding diaryl/α,β-unsaturated/α-hetero) is 1. The molecule has 1 rings (SSSR count). The summed E-state index contributed by atoms with van der Waals surface area (Å²) >= 11 is 1.57. The van der Waals surface area contributed by atoms with E-state index in [1.54, 1.807) is 23.9 Å². The van der Waals surface area contributed by atoms with Crippen molar-refractivity contribution in [3.05, 3.63) is 29.8 Å². The van der Waals surface area contributed by atoms with Gasteiger partial charge in [0, 0.05) is 10.5 Å². The first-order chi connectivity index (χ1) is 7.54. The van der Waals surface area contributed by atoms with Crippen molar-refractivity contribution in [2.45, 2.75) is 17.4 Å². The van der Waals surface area contributed by atoms with Crippen LogP contribution >= 0.6 is 11.8 Å². The molecule has 0 amide bonds. The van der Waals surface area contributed by atoms with Crippen LogP contribution in [0.3, 0.4) is 0 Å². The van der Waals surface area contributed by atoms with Gasteiger partial charge in [0.05, 0.1) is 12.5 Å². The van der Waals surface area contributed by atoms with Crippen LogP contribution in [0, 0.1) is 0 Å². The molecule has 0 aromatic heterocycles. The molecule has 4 nitrogen and oxygen atoms in total. The first-order valence-corrected chi connectivity index (χ1v) is 5.92. The molecule has 5 heteroatoms. The highest BCUT2D eigenvalue weighted by atomic mass is 32.2. The monoisotopic (exact) mass is 239 g/mol. The Morgan fingerprint density at radius 3 is 2.38 bits per heavy atom. The first-order valence-electron chi connectivity index (χ1n) is 4.70. The van der Waals surface area contributed by atoms with E-state index in [1.807, 2.05) is 18.4 Å². The van der Waals surface area contributed by atoms with Crippen molar-refractivity contribution in [1.29, 1.82) is 0 Å². The number of carboxylic acids is 1. The summed E-state index contributed by atoms with van der Waals surface area (Å²) in [5, 5.41) is 8.53. The van der Waals surface area contributed by atoms with Crippen LogP contribution in [0.4, 0.5) is 0 Å². The van der Waals surface area contributed by atoms with E-state index in [0.29, 0.717) is 5.56 Å². The van der Waals surface area contributed by atoms with Gasteiger partial charge in [-0.05, 0) is 18.4 Å². The van der Waals surface area contributed by atoms with Gasteiger partial charge in [-0.25, -0.2) is 0 Å². The number of thioether (sulfide) groups is 1. The second kappa shape index (κ2) is 5.67. The third kappa shape index (κ3) is 3.36. The van der Waals surface area contributed by atoms with Gasteiger partial charge in [0.2, 0.25) is 0 Å². The number of ketones is 1. The van der Waals surface area contributed by atoms with Gasteiger partial charge < -0.3 is 10.8 Å². The molecule has 0 heterocycles. The Morgan fingerprint density at radius 1 is 1.38 bits per heavy atom. The molecule has 1 aromatic rings. The molecule has 0 bridgehead atoms. The summed E-state index contributed by atoms with van der Waals surface area (Å²) in [4.78, 5) is 23.1. The smallest absolute Gasteiger partial charge is 0.305 e. The Hall–Kier alpha value is -1.33. The summed E-state index contributed by atoms with van der Waals surface area (Å²) in [7, 11) is 0. The van der Waals surface area contributed by atoms with Crippen molar-refractivity contribution in [1.82, 2.24) is 0 Å². The molecule has 1 aromatic carbocycles. The fraction of sp³-hybridized carbons (Fsp3) is 0.273. The quantitative estimate of drug-likeness (QED) is 0.599. The zero-order chi connectivity index (χ0) is 12.1. The maximum atomic E-state index is 11.7. The number of aliphatic carboxylic acids is 1. The molecule has 0 radical (unpaired) electrons. The van der Waals surface area contributed by atoms with Crippen LogP contribution in [0.5, 0.6) is 0 Å². The van der Waals surface area contributed by atoms with Crippen LogP contribution in [0.2, 0.25) is 0 Å². The average molecular weight is 239 g/mol. The Balaban J connectivity index is 2.75. The SMILES string of the molecule is CSc1ccc(C(=O)C(N)CC(=O)O)cc1. The first kappa shape index (κ1) is 12.7. The highest BCUT2D eigenvalue weighted by molar-refractivity contribution is 7.98. The van der Waals surface area contributed by atoms with Gasteiger partial charge in [-0.3, -0.25) is 9.59 Å². The number of benzene rings is 1. The number of rotatable bonds is 5. The Kier molecular flexibility index (Phi) is 4.52. The van der Waals surface area contributed by atoms with Crippen LogP contribution in [0.1, 0.15) is 16.8 Å². The van der Waals surface area contributed by atoms with E-state index in [4.69, 9.17) is 10.8 Å². The number of carboxylic acid groups (broad SMARTS) is 1. The Morgan fingerprint density at radius 2 is 1.94 bits per heavy atom. The summed E-state index contributed by atoms with van der Waals surface area (Å²) in [6.45, 7) is 0. The summed E-state index contributed by atoms with van der Waals surface area (Å²) in [6, 6.07) is 5.97. The molecule has 0 saturated carbocycles. The maximum absolute atomic E-state index is 11.7. The van der Waals surface area contributed by atoms with Crippen LogP contribution in [-0.2, 0) is 4.79 Å². The molecule has 0 spiro atoms. The van der Waals surface area contributed by atoms with Gasteiger partial charge in [0.15, 0.2) is 5.78 Å². The molecule has 1 unspecified atom stereocenters. The predicted octanol–water partition coefficient (Wildman–Crippen LogP) is 1.39. The lowest BCUT2D eigenvalue weighted by molar-refractivity contribution is -0.137. The largest absolute Gasteiger partial charge is 0.481 e. The van der Waals surface area contributed by atoms with E-state index in [2.05, 4.69) is 0 Å². The zero-order valence-electron chi connectivity index (χ0n) is 8.84. The molecule has 0 aliphatic heterocycles. The van der Waals surface area contributed by atoms with Gasteiger partial charge in [-0.15, -0.1) is 11.8 Å². The molecular weight excluding hydrogens is 226 g/mol. The van der Waals surface area contributed by atoms with Crippen molar-refractivity contribution in [3.63, 3.8) is 0 Å². The lowest BCUT2D eigenvalue weighted by Gasteiger charge is -2.08. The summed E-state index contributed by atoms with van der Waals surface area (Å²) in [5.74, 6) is -1.41. The predicted molar refractivity (Wildman–Crippen MR) is 62.8 cm³/mol. The highest BCUT2D eigenvalue weighted by Gasteiger charge is 2.18. The van der Waals surface area contributed by atoms with Crippen molar-refractivity contribution in [2.75, 3.05) is 6.26 Å². The van der Waals surface area contributed by atoms with Gasteiger partial charge in [-0.2, -0.15) is 0 Å². The Bertz CT molecular complexity index is 389. The normalized spacial score (nSPS) is 12.1. The van der Waals surface area contributed by atoms with Crippen LogP contribution in [-0.4, -0.2) is 29.2 Å². The van der Waals surface area contributed by atoms with Crippen molar-refractivity contribution >= 4 is 23.5 Å². The third-order valence-electron chi connectivity index (χ3n) is 2.11. The van der Waals surface area contributed by atoms with Crippen LogP contribution < -0.4 is 5.73 Å². The minimum Gasteiger partial charge on any atom is -0.481 e. The van der Waals surface area contributed by atoms with E-state index in [9.17, 15) is 9.59 Å². The number of carbonyl (C=O) groups is 2. The molecule has 1 atom stereocenters. The van der Waals surface area contributed by atoms with Crippen LogP contribution in [0.25, 0.3) is 0 Å². The lowest BCUT2D eigenvalue weighted by Crippen LogP contribution is -2.32. The molecule has 3 N–H and O–H groups in total. The second-order valence-electron chi connectivity index (χ2n) is 3.30. The topological polar surface area (TPSA) is 80.4 Å². The number of carbonyl (C=O) groups excluding carboxylic acids is 1. The maximum Gasteiger partial charge on any atom is 0.305 e. The van der Waals surface area contributed by atoms with Crippen molar-refractivity contribution in [2.24, 2.45) is 5.73 Å². The minimum atomic E-state index is -1.07. The average Bonchev–Trinajstić information content (AvgIpc) is 2.27. The van der Waals surface area contributed by atoms with E-state index in [-0.39, 0.29) is 12.2 Å². The highest BCUT2D eigenvalue weighted by Crippen LogP contribution is 2.15. The molecule has 0 aliphatic carbocycles. The van der Waals surface area contributed by atoms with Crippen molar-refractivity contribution in [3.8, 4) is 0 Å². The molecule has 16 heavy (non-hydrogen) atoms. The van der Waals surface area contributed by atoms with E-state index < -0.39 is 12.0 Å². The standard InChI is InChI=1S/C11H13NO3S/c1-16-8-4-2-7(3-5-8)11(15)9(12)6-10(13)14/h2-5,9H,6,12H2,1H3,(H,13,14). The molecule has 0 saturated heterocycles. The van der Waals surface area contributed by atoms with Gasteiger partial charge in [0.25, 0.3) is 0 Å². The molecule has 86 valence electrons. The molecular formula is C11H13NO3S. The lowest BCUT2D eigenvalue weighted by atomic mass is 10.0. The minimum absolute atomic E-state index is 0.338. The number of hydrogen-bond donors (Lipinski definition) is 2. The third-order valence-corrected chi connectivity index (χ3v) is 2.85. The van der Waals surface area contributed by atoms with Crippen LogP contribution in [0.15, 0.2) is 29.2 Å². The fourth-order valence-electron chi connectivity index (χ4n) is 1.25. The van der Waals surface area contributed by atoms with Crippen molar-refractivity contribution < 1.29 is 14.7 Å². The number of hydrogen-bond acceptors (Lipinski definition) is 4. The van der Waals surface area contributed by atoms with Gasteiger partial charge >= 0.3 is 5.97 Å². The van der Waals surface area contributed by atoms with E-state index in [0.717, 1.165) is 4.90 Å². The van der Waals surface area contributed by atoms with Gasteiger partial charge in [0.1, 0.15) is 0 Å². The molecule has 0 fully saturated rings. The summed E-state index contributed by atoms with van der Waals surface area (Å²) in [5.41, 5.74) is 5.94. The second-order valence-corrected chi connectivity index (χ2v) is 4.18. The Labute approximate surface area is 97.8 Å². The number of nitrogens with two attached hydrogens (primary N) is 1. The van der Waals surface area contributed by atoms with Gasteiger partial charge in [-0.1, -0.05) is 12.1 Å². The summed E-state index contributed by atoms with van der Waals surface area (Å²) in [6.07, 6.45) is 1.59. The molecule has 0 aliphatic rings.